The molecule has 0 bridgehead atoms. The molecule has 0 fully saturated rings. The monoisotopic (exact) mass is 302 g/mol. The molecule has 0 amide bonds. The van der Waals surface area contributed by atoms with E-state index in [1.165, 1.54) is 18.2 Å². The maximum atomic E-state index is 13.5. The molecule has 0 saturated heterocycles. The topological polar surface area (TPSA) is 55.2 Å². The first-order valence-electron chi connectivity index (χ1n) is 5.24. The Bertz CT molecular complexity index is 695. The maximum absolute atomic E-state index is 13.5. The number of rotatable bonds is 3. The lowest BCUT2D eigenvalue weighted by Gasteiger charge is -2.09. The predicted molar refractivity (Wildman–Crippen MR) is 67.7 cm³/mol. The summed E-state index contributed by atoms with van der Waals surface area (Å²) in [5, 5.41) is 13.0. The van der Waals surface area contributed by atoms with E-state index >= 15 is 0 Å². The Morgan fingerprint density at radius 1 is 1.15 bits per heavy atom. The van der Waals surface area contributed by atoms with Crippen molar-refractivity contribution in [3.05, 3.63) is 62.9 Å². The zero-order valence-electron chi connectivity index (χ0n) is 9.66. The summed E-state index contributed by atoms with van der Waals surface area (Å²) in [6.07, 6.45) is 0. The van der Waals surface area contributed by atoms with Crippen molar-refractivity contribution in [3.8, 4) is 0 Å². The van der Waals surface area contributed by atoms with Crippen LogP contribution in [0.3, 0.4) is 0 Å². The molecule has 0 aliphatic heterocycles. The second-order valence-electron chi connectivity index (χ2n) is 3.77. The molecular weight excluding hydrogens is 297 g/mol. The van der Waals surface area contributed by atoms with Crippen LogP contribution in [0, 0.1) is 27.6 Å². The fourth-order valence-electron chi connectivity index (χ4n) is 1.59. The Labute approximate surface area is 115 Å². The van der Waals surface area contributed by atoms with Crippen LogP contribution in [0.5, 0.6) is 0 Å². The van der Waals surface area contributed by atoms with Gasteiger partial charge >= 0.3 is 5.69 Å². The molecular formula is C12H6ClF3N2O2. The third-order valence-corrected chi connectivity index (χ3v) is 2.74. The molecule has 0 unspecified atom stereocenters. The molecule has 0 saturated carbocycles. The minimum atomic E-state index is -1.41. The van der Waals surface area contributed by atoms with Crippen LogP contribution in [-0.4, -0.2) is 4.92 Å². The number of para-hydroxylation sites is 1. The zero-order chi connectivity index (χ0) is 14.9. The van der Waals surface area contributed by atoms with E-state index in [1.807, 2.05) is 0 Å². The van der Waals surface area contributed by atoms with E-state index in [2.05, 4.69) is 5.32 Å². The van der Waals surface area contributed by atoms with Crippen molar-refractivity contribution in [1.82, 2.24) is 0 Å². The summed E-state index contributed by atoms with van der Waals surface area (Å²) < 4.78 is 39.6. The molecule has 2 rings (SSSR count). The number of hydrogen-bond donors (Lipinski definition) is 1. The standard InChI is InChI=1S/C12H6ClF3N2O2/c13-7-2-1-3-9(12(7)18(19)20)17-10-5-6(14)4-8(15)11(10)16/h1-5,17H. The molecule has 2 aromatic carbocycles. The van der Waals surface area contributed by atoms with Gasteiger partial charge in [-0.05, 0) is 12.1 Å². The van der Waals surface area contributed by atoms with Gasteiger partial charge < -0.3 is 5.32 Å². The normalized spacial score (nSPS) is 10.4. The molecule has 0 atom stereocenters. The van der Waals surface area contributed by atoms with Crippen molar-refractivity contribution < 1.29 is 18.1 Å². The Kier molecular flexibility index (Phi) is 3.80. The first kappa shape index (κ1) is 14.1. The Morgan fingerprint density at radius 3 is 2.50 bits per heavy atom. The fraction of sp³-hybridized carbons (Fsp3) is 0. The summed E-state index contributed by atoms with van der Waals surface area (Å²) in [5.74, 6) is -3.77. The molecule has 0 heterocycles. The van der Waals surface area contributed by atoms with Crippen LogP contribution < -0.4 is 5.32 Å². The lowest BCUT2D eigenvalue weighted by atomic mass is 10.2. The highest BCUT2D eigenvalue weighted by Crippen LogP contribution is 2.35. The molecule has 1 N–H and O–H groups in total. The molecule has 2 aromatic rings. The number of halogens is 4. The highest BCUT2D eigenvalue weighted by atomic mass is 35.5. The lowest BCUT2D eigenvalue weighted by Crippen LogP contribution is -2.01. The smallest absolute Gasteiger partial charge is 0.311 e. The summed E-state index contributed by atoms with van der Waals surface area (Å²) in [6.45, 7) is 0. The van der Waals surface area contributed by atoms with E-state index < -0.39 is 33.7 Å². The van der Waals surface area contributed by atoms with Gasteiger partial charge in [0, 0.05) is 12.1 Å². The summed E-state index contributed by atoms with van der Waals surface area (Å²) in [7, 11) is 0. The largest absolute Gasteiger partial charge is 0.347 e. The fourth-order valence-corrected chi connectivity index (χ4v) is 1.84. The van der Waals surface area contributed by atoms with Crippen molar-refractivity contribution in [3.63, 3.8) is 0 Å². The van der Waals surface area contributed by atoms with E-state index in [-0.39, 0.29) is 10.7 Å². The Morgan fingerprint density at radius 2 is 1.85 bits per heavy atom. The van der Waals surface area contributed by atoms with Gasteiger partial charge in [0.25, 0.3) is 0 Å². The van der Waals surface area contributed by atoms with Gasteiger partial charge in [-0.3, -0.25) is 10.1 Å². The second-order valence-corrected chi connectivity index (χ2v) is 4.17. The molecule has 0 aliphatic rings. The van der Waals surface area contributed by atoms with Crippen LogP contribution in [0.1, 0.15) is 0 Å². The highest BCUT2D eigenvalue weighted by molar-refractivity contribution is 6.33. The average Bonchev–Trinajstić information content (AvgIpc) is 2.35. The third kappa shape index (κ3) is 2.67. The summed E-state index contributed by atoms with van der Waals surface area (Å²) in [4.78, 5) is 10.1. The molecule has 0 aromatic heterocycles. The summed E-state index contributed by atoms with van der Waals surface area (Å²) in [5.41, 5.74) is -1.25. The van der Waals surface area contributed by atoms with Gasteiger partial charge in [-0.25, -0.2) is 13.2 Å². The number of nitrogens with one attached hydrogen (secondary N) is 1. The number of hydrogen-bond acceptors (Lipinski definition) is 3. The van der Waals surface area contributed by atoms with E-state index in [0.29, 0.717) is 12.1 Å². The SMILES string of the molecule is O=[N+]([O-])c1c(Cl)cccc1Nc1cc(F)cc(F)c1F. The molecule has 0 radical (unpaired) electrons. The van der Waals surface area contributed by atoms with Crippen molar-refractivity contribution in [2.75, 3.05) is 5.32 Å². The first-order chi connectivity index (χ1) is 9.40. The lowest BCUT2D eigenvalue weighted by molar-refractivity contribution is -0.383. The van der Waals surface area contributed by atoms with Crippen molar-refractivity contribution in [1.29, 1.82) is 0 Å². The van der Waals surface area contributed by atoms with Crippen LogP contribution in [0.25, 0.3) is 0 Å². The number of benzene rings is 2. The molecule has 0 aliphatic carbocycles. The quantitative estimate of drug-likeness (QED) is 0.519. The minimum Gasteiger partial charge on any atom is -0.347 e. The molecule has 104 valence electrons. The van der Waals surface area contributed by atoms with Gasteiger partial charge in [-0.1, -0.05) is 17.7 Å². The number of nitrogens with zero attached hydrogens (tertiary/aromatic N) is 1. The van der Waals surface area contributed by atoms with E-state index in [9.17, 15) is 23.3 Å². The van der Waals surface area contributed by atoms with Crippen molar-refractivity contribution in [2.45, 2.75) is 0 Å². The number of anilines is 2. The maximum Gasteiger partial charge on any atom is 0.311 e. The average molecular weight is 303 g/mol. The first-order valence-corrected chi connectivity index (χ1v) is 5.62. The van der Waals surface area contributed by atoms with Crippen molar-refractivity contribution >= 4 is 28.7 Å². The molecule has 20 heavy (non-hydrogen) atoms. The van der Waals surface area contributed by atoms with Gasteiger partial charge in [-0.15, -0.1) is 0 Å². The minimum absolute atomic E-state index is 0.175. The summed E-state index contributed by atoms with van der Waals surface area (Å²) >= 11 is 5.67. The second kappa shape index (κ2) is 5.38. The van der Waals surface area contributed by atoms with Crippen molar-refractivity contribution in [2.24, 2.45) is 0 Å². The predicted octanol–water partition coefficient (Wildman–Crippen LogP) is 4.41. The zero-order valence-corrected chi connectivity index (χ0v) is 10.4. The van der Waals surface area contributed by atoms with E-state index in [4.69, 9.17) is 11.6 Å². The molecule has 4 nitrogen and oxygen atoms in total. The number of nitro benzene ring substituents is 1. The van der Waals surface area contributed by atoms with E-state index in [1.54, 1.807) is 0 Å². The van der Waals surface area contributed by atoms with Crippen LogP contribution in [0.4, 0.5) is 30.2 Å². The van der Waals surface area contributed by atoms with E-state index in [0.717, 1.165) is 0 Å². The highest BCUT2D eigenvalue weighted by Gasteiger charge is 2.20. The molecule has 0 spiro atoms. The summed E-state index contributed by atoms with van der Waals surface area (Å²) in [6, 6.07) is 4.95. The van der Waals surface area contributed by atoms with Gasteiger partial charge in [-0.2, -0.15) is 0 Å². The number of nitro groups is 1. The Balaban J connectivity index is 2.51. The van der Waals surface area contributed by atoms with Gasteiger partial charge in [0.15, 0.2) is 11.6 Å². The van der Waals surface area contributed by atoms with Gasteiger partial charge in [0.1, 0.15) is 16.5 Å². The Hall–Kier alpha value is -2.28. The van der Waals surface area contributed by atoms with Crippen LogP contribution in [0.15, 0.2) is 30.3 Å². The third-order valence-electron chi connectivity index (χ3n) is 2.43. The van der Waals surface area contributed by atoms with Gasteiger partial charge in [0.05, 0.1) is 10.6 Å². The van der Waals surface area contributed by atoms with Crippen LogP contribution >= 0.6 is 11.6 Å². The molecule has 8 heteroatoms. The van der Waals surface area contributed by atoms with Crippen LogP contribution in [-0.2, 0) is 0 Å². The van der Waals surface area contributed by atoms with Crippen LogP contribution in [0.2, 0.25) is 5.02 Å². The van der Waals surface area contributed by atoms with Gasteiger partial charge in [0.2, 0.25) is 0 Å².